The minimum Gasteiger partial charge on any atom is -0.490 e. The smallest absolute Gasteiger partial charge is 0.338 e. The van der Waals surface area contributed by atoms with Crippen molar-refractivity contribution in [3.63, 3.8) is 0 Å². The summed E-state index contributed by atoms with van der Waals surface area (Å²) >= 11 is 6.87. The van der Waals surface area contributed by atoms with E-state index in [9.17, 15) is 4.79 Å². The summed E-state index contributed by atoms with van der Waals surface area (Å²) in [7, 11) is 1.34. The van der Waals surface area contributed by atoms with Crippen LogP contribution in [0, 0.1) is 0 Å². The first-order chi connectivity index (χ1) is 11.0. The molecule has 6 heteroatoms. The maximum absolute atomic E-state index is 11.7. The largest absolute Gasteiger partial charge is 0.490 e. The number of esters is 1. The molecule has 0 spiro atoms. The number of hydrogen-bond donors (Lipinski definition) is 0. The standard InChI is InChI=1S/C17H16Br2O4/c1-3-22-15-9-12(17(20)21-2)8-14(19)16(15)23-10-11-5-4-6-13(18)7-11/h4-9H,3,10H2,1-2H3. The van der Waals surface area contributed by atoms with Crippen molar-refractivity contribution >= 4 is 37.8 Å². The van der Waals surface area contributed by atoms with Crippen LogP contribution in [0.25, 0.3) is 0 Å². The summed E-state index contributed by atoms with van der Waals surface area (Å²) < 4.78 is 17.9. The maximum atomic E-state index is 11.7. The SMILES string of the molecule is CCOc1cc(C(=O)OC)cc(Br)c1OCc1cccc(Br)c1. The first-order valence-corrected chi connectivity index (χ1v) is 8.55. The highest BCUT2D eigenvalue weighted by Gasteiger charge is 2.16. The van der Waals surface area contributed by atoms with Crippen LogP contribution in [-0.4, -0.2) is 19.7 Å². The number of carbonyl (C=O) groups excluding carboxylic acids is 1. The fourth-order valence-electron chi connectivity index (χ4n) is 1.99. The van der Waals surface area contributed by atoms with Crippen molar-refractivity contribution in [3.8, 4) is 11.5 Å². The van der Waals surface area contributed by atoms with Crippen LogP contribution in [0.4, 0.5) is 0 Å². The molecule has 122 valence electrons. The van der Waals surface area contributed by atoms with Gasteiger partial charge in [-0.05, 0) is 52.7 Å². The van der Waals surface area contributed by atoms with Crippen LogP contribution in [0.3, 0.4) is 0 Å². The fourth-order valence-corrected chi connectivity index (χ4v) is 2.99. The van der Waals surface area contributed by atoms with E-state index in [4.69, 9.17) is 14.2 Å². The molecule has 0 fully saturated rings. The van der Waals surface area contributed by atoms with Crippen molar-refractivity contribution < 1.29 is 19.0 Å². The zero-order valence-electron chi connectivity index (χ0n) is 12.8. The van der Waals surface area contributed by atoms with Crippen molar-refractivity contribution in [1.82, 2.24) is 0 Å². The van der Waals surface area contributed by atoms with E-state index in [2.05, 4.69) is 31.9 Å². The van der Waals surface area contributed by atoms with Crippen molar-refractivity contribution in [2.75, 3.05) is 13.7 Å². The predicted molar refractivity (Wildman–Crippen MR) is 95.1 cm³/mol. The number of halogens is 2. The summed E-state index contributed by atoms with van der Waals surface area (Å²) in [4.78, 5) is 11.7. The second-order valence-corrected chi connectivity index (χ2v) is 6.40. The molecule has 0 heterocycles. The molecule has 0 saturated carbocycles. The molecule has 0 aliphatic carbocycles. The summed E-state index contributed by atoms with van der Waals surface area (Å²) in [6, 6.07) is 11.1. The Morgan fingerprint density at radius 2 is 1.91 bits per heavy atom. The highest BCUT2D eigenvalue weighted by molar-refractivity contribution is 9.10. The zero-order valence-corrected chi connectivity index (χ0v) is 15.9. The Balaban J connectivity index is 2.27. The van der Waals surface area contributed by atoms with E-state index < -0.39 is 5.97 Å². The van der Waals surface area contributed by atoms with Gasteiger partial charge in [0.15, 0.2) is 11.5 Å². The predicted octanol–water partition coefficient (Wildman–Crippen LogP) is 4.98. The van der Waals surface area contributed by atoms with Gasteiger partial charge in [0.1, 0.15) is 6.61 Å². The molecule has 23 heavy (non-hydrogen) atoms. The average Bonchev–Trinajstić information content (AvgIpc) is 2.53. The Labute approximate surface area is 152 Å². The van der Waals surface area contributed by atoms with Crippen LogP contribution < -0.4 is 9.47 Å². The summed E-state index contributed by atoms with van der Waals surface area (Å²) in [5, 5.41) is 0. The van der Waals surface area contributed by atoms with Gasteiger partial charge in [-0.2, -0.15) is 0 Å². The summed E-state index contributed by atoms with van der Waals surface area (Å²) in [5.41, 5.74) is 1.42. The molecule has 0 radical (unpaired) electrons. The molecule has 2 aromatic carbocycles. The zero-order chi connectivity index (χ0) is 16.8. The molecule has 0 amide bonds. The lowest BCUT2D eigenvalue weighted by Crippen LogP contribution is -2.05. The van der Waals surface area contributed by atoms with Crippen molar-refractivity contribution in [2.24, 2.45) is 0 Å². The van der Waals surface area contributed by atoms with Gasteiger partial charge in [0, 0.05) is 4.47 Å². The number of benzene rings is 2. The molecule has 0 bridgehead atoms. The number of carbonyl (C=O) groups is 1. The van der Waals surface area contributed by atoms with Gasteiger partial charge < -0.3 is 14.2 Å². The van der Waals surface area contributed by atoms with E-state index >= 15 is 0 Å². The lowest BCUT2D eigenvalue weighted by molar-refractivity contribution is 0.0600. The van der Waals surface area contributed by atoms with Gasteiger partial charge in [-0.25, -0.2) is 4.79 Å². The molecular formula is C17H16Br2O4. The molecule has 0 aliphatic rings. The van der Waals surface area contributed by atoms with E-state index in [0.717, 1.165) is 10.0 Å². The minimum atomic E-state index is -0.426. The third-order valence-corrected chi connectivity index (χ3v) is 4.08. The van der Waals surface area contributed by atoms with E-state index in [1.165, 1.54) is 7.11 Å². The molecule has 2 aromatic rings. The second kappa shape index (κ2) is 8.36. The minimum absolute atomic E-state index is 0.385. The van der Waals surface area contributed by atoms with Crippen molar-refractivity contribution in [2.45, 2.75) is 13.5 Å². The van der Waals surface area contributed by atoms with Crippen LogP contribution in [0.5, 0.6) is 11.5 Å². The summed E-state index contributed by atoms with van der Waals surface area (Å²) in [6.45, 7) is 2.72. The molecular weight excluding hydrogens is 428 g/mol. The Hall–Kier alpha value is -1.53. The summed E-state index contributed by atoms with van der Waals surface area (Å²) in [5.74, 6) is 0.627. The molecule has 0 atom stereocenters. The molecule has 4 nitrogen and oxygen atoms in total. The second-order valence-electron chi connectivity index (χ2n) is 4.63. The van der Waals surface area contributed by atoms with Crippen molar-refractivity contribution in [3.05, 3.63) is 56.5 Å². The molecule has 2 rings (SSSR count). The lowest BCUT2D eigenvalue weighted by Gasteiger charge is -2.15. The fraction of sp³-hybridized carbons (Fsp3) is 0.235. The average molecular weight is 444 g/mol. The van der Waals surface area contributed by atoms with Crippen LogP contribution in [0.1, 0.15) is 22.8 Å². The monoisotopic (exact) mass is 442 g/mol. The van der Waals surface area contributed by atoms with E-state index in [1.54, 1.807) is 12.1 Å². The Morgan fingerprint density at radius 3 is 2.57 bits per heavy atom. The topological polar surface area (TPSA) is 44.8 Å². The van der Waals surface area contributed by atoms with Gasteiger partial charge in [-0.15, -0.1) is 0 Å². The molecule has 0 N–H and O–H groups in total. The van der Waals surface area contributed by atoms with Gasteiger partial charge >= 0.3 is 5.97 Å². The maximum Gasteiger partial charge on any atom is 0.338 e. The van der Waals surface area contributed by atoms with Crippen molar-refractivity contribution in [1.29, 1.82) is 0 Å². The van der Waals surface area contributed by atoms with Gasteiger partial charge in [0.25, 0.3) is 0 Å². The Bertz CT molecular complexity index is 701. The quantitative estimate of drug-likeness (QED) is 0.591. The third-order valence-electron chi connectivity index (χ3n) is 3.00. The molecule has 0 unspecified atom stereocenters. The highest BCUT2D eigenvalue weighted by atomic mass is 79.9. The number of hydrogen-bond acceptors (Lipinski definition) is 4. The number of rotatable bonds is 6. The van der Waals surface area contributed by atoms with E-state index in [0.29, 0.717) is 34.7 Å². The molecule has 0 aromatic heterocycles. The first-order valence-electron chi connectivity index (χ1n) is 6.97. The number of ether oxygens (including phenoxy) is 3. The summed E-state index contributed by atoms with van der Waals surface area (Å²) in [6.07, 6.45) is 0. The van der Waals surface area contributed by atoms with Gasteiger partial charge in [0.05, 0.1) is 23.8 Å². The van der Waals surface area contributed by atoms with Crippen LogP contribution >= 0.6 is 31.9 Å². The molecule has 0 saturated heterocycles. The van der Waals surface area contributed by atoms with Gasteiger partial charge in [-0.1, -0.05) is 28.1 Å². The number of methoxy groups -OCH3 is 1. The van der Waals surface area contributed by atoms with Crippen LogP contribution in [0.2, 0.25) is 0 Å². The Kier molecular flexibility index (Phi) is 6.47. The normalized spacial score (nSPS) is 10.3. The van der Waals surface area contributed by atoms with E-state index in [1.807, 2.05) is 31.2 Å². The van der Waals surface area contributed by atoms with E-state index in [-0.39, 0.29) is 0 Å². The lowest BCUT2D eigenvalue weighted by atomic mass is 10.2. The molecule has 0 aliphatic heterocycles. The Morgan fingerprint density at radius 1 is 1.13 bits per heavy atom. The third kappa shape index (κ3) is 4.72. The first kappa shape index (κ1) is 17.8. The van der Waals surface area contributed by atoms with Gasteiger partial charge in [-0.3, -0.25) is 0 Å². The van der Waals surface area contributed by atoms with Crippen LogP contribution in [0.15, 0.2) is 45.3 Å². The van der Waals surface area contributed by atoms with Crippen LogP contribution in [-0.2, 0) is 11.3 Å². The highest BCUT2D eigenvalue weighted by Crippen LogP contribution is 2.37. The van der Waals surface area contributed by atoms with Gasteiger partial charge in [0.2, 0.25) is 0 Å².